The third-order valence-corrected chi connectivity index (χ3v) is 5.82. The molecular formula is C22H18N4O3S. The zero-order valence-corrected chi connectivity index (χ0v) is 16.8. The van der Waals surface area contributed by atoms with E-state index in [-0.39, 0.29) is 24.9 Å². The van der Waals surface area contributed by atoms with Crippen molar-refractivity contribution in [1.29, 1.82) is 0 Å². The number of carbonyl (C=O) groups is 2. The number of amides is 2. The van der Waals surface area contributed by atoms with Crippen LogP contribution in [-0.2, 0) is 17.9 Å². The molecule has 5 rings (SSSR count). The number of hydrogen-bond acceptors (Lipinski definition) is 5. The quantitative estimate of drug-likeness (QED) is 0.539. The standard InChI is InChI=1S/C22H18N4O3S/c27-21(23-12-16-7-4-9-29-16)14-26-22(28)19-11-20-18(8-10-30-20)25(19)13-17(24-26)15-5-2-1-3-6-15/h1-11H,12-14H2,(H,23,27). The summed E-state index contributed by atoms with van der Waals surface area (Å²) in [7, 11) is 0. The molecule has 0 spiro atoms. The van der Waals surface area contributed by atoms with Gasteiger partial charge in [0.2, 0.25) is 5.91 Å². The summed E-state index contributed by atoms with van der Waals surface area (Å²) in [5, 5.41) is 10.6. The molecule has 0 saturated heterocycles. The minimum absolute atomic E-state index is 0.172. The number of nitrogens with zero attached hydrogens (tertiary/aromatic N) is 3. The molecule has 4 aromatic rings. The van der Waals surface area contributed by atoms with E-state index < -0.39 is 0 Å². The van der Waals surface area contributed by atoms with Crippen molar-refractivity contribution in [3.05, 3.63) is 83.3 Å². The zero-order valence-electron chi connectivity index (χ0n) is 15.9. The first-order valence-electron chi connectivity index (χ1n) is 9.49. The van der Waals surface area contributed by atoms with Gasteiger partial charge in [0.05, 0.1) is 35.3 Å². The second-order valence-electron chi connectivity index (χ2n) is 6.92. The lowest BCUT2D eigenvalue weighted by Crippen LogP contribution is -2.37. The maximum atomic E-state index is 13.3. The van der Waals surface area contributed by atoms with E-state index in [4.69, 9.17) is 4.42 Å². The molecule has 7 nitrogen and oxygen atoms in total. The van der Waals surface area contributed by atoms with Gasteiger partial charge in [-0.1, -0.05) is 30.3 Å². The van der Waals surface area contributed by atoms with E-state index >= 15 is 0 Å². The molecule has 8 heteroatoms. The van der Waals surface area contributed by atoms with Gasteiger partial charge in [0.15, 0.2) is 0 Å². The van der Waals surface area contributed by atoms with Crippen LogP contribution in [0.25, 0.3) is 10.2 Å². The zero-order chi connectivity index (χ0) is 20.5. The molecule has 4 heterocycles. The van der Waals surface area contributed by atoms with Crippen LogP contribution in [-0.4, -0.2) is 33.6 Å². The second-order valence-corrected chi connectivity index (χ2v) is 7.87. The largest absolute Gasteiger partial charge is 0.467 e. The Bertz CT molecular complexity index is 1240. The van der Waals surface area contributed by atoms with E-state index in [1.165, 1.54) is 5.01 Å². The molecule has 0 atom stereocenters. The number of fused-ring (bicyclic) bond motifs is 3. The Morgan fingerprint density at radius 3 is 2.83 bits per heavy atom. The monoisotopic (exact) mass is 418 g/mol. The fraction of sp³-hybridized carbons (Fsp3) is 0.136. The SMILES string of the molecule is O=C(CN1N=C(c2ccccc2)Cn2c(cc3sccc32)C1=O)NCc1ccco1. The van der Waals surface area contributed by atoms with Crippen LogP contribution in [0.4, 0.5) is 0 Å². The Kier molecular flexibility index (Phi) is 4.68. The van der Waals surface area contributed by atoms with Gasteiger partial charge in [-0.15, -0.1) is 11.3 Å². The maximum absolute atomic E-state index is 13.3. The molecule has 0 unspecified atom stereocenters. The number of benzene rings is 1. The van der Waals surface area contributed by atoms with Crippen LogP contribution in [0.15, 0.2) is 75.8 Å². The number of carbonyl (C=O) groups excluding carboxylic acids is 2. The molecule has 30 heavy (non-hydrogen) atoms. The van der Waals surface area contributed by atoms with Crippen molar-refractivity contribution < 1.29 is 14.0 Å². The van der Waals surface area contributed by atoms with Crippen LogP contribution in [0.1, 0.15) is 21.8 Å². The number of hydrogen-bond donors (Lipinski definition) is 1. The molecule has 1 aromatic carbocycles. The molecule has 0 fully saturated rings. The van der Waals surface area contributed by atoms with Crippen molar-refractivity contribution in [2.45, 2.75) is 13.1 Å². The molecule has 0 bridgehead atoms. The lowest BCUT2D eigenvalue weighted by molar-refractivity contribution is -0.122. The highest BCUT2D eigenvalue weighted by Crippen LogP contribution is 2.28. The first-order valence-corrected chi connectivity index (χ1v) is 10.4. The van der Waals surface area contributed by atoms with E-state index in [2.05, 4.69) is 10.4 Å². The topological polar surface area (TPSA) is 79.8 Å². The summed E-state index contributed by atoms with van der Waals surface area (Å²) in [6, 6.07) is 17.1. The summed E-state index contributed by atoms with van der Waals surface area (Å²) >= 11 is 1.59. The second kappa shape index (κ2) is 7.64. The molecule has 2 amide bonds. The van der Waals surface area contributed by atoms with E-state index in [0.717, 1.165) is 21.5 Å². The molecule has 3 aromatic heterocycles. The Morgan fingerprint density at radius 2 is 2.03 bits per heavy atom. The van der Waals surface area contributed by atoms with Crippen LogP contribution in [0, 0.1) is 0 Å². The summed E-state index contributed by atoms with van der Waals surface area (Å²) in [6.07, 6.45) is 1.55. The fourth-order valence-electron chi connectivity index (χ4n) is 3.51. The lowest BCUT2D eigenvalue weighted by atomic mass is 10.1. The van der Waals surface area contributed by atoms with E-state index in [1.807, 2.05) is 52.4 Å². The van der Waals surface area contributed by atoms with Gasteiger partial charge >= 0.3 is 0 Å². The van der Waals surface area contributed by atoms with Gasteiger partial charge in [-0.25, -0.2) is 5.01 Å². The van der Waals surface area contributed by atoms with Crippen LogP contribution in [0.5, 0.6) is 0 Å². The molecule has 1 aliphatic heterocycles. The fourth-order valence-corrected chi connectivity index (χ4v) is 4.33. The number of hydrazone groups is 1. The molecule has 0 radical (unpaired) electrons. The Morgan fingerprint density at radius 1 is 1.17 bits per heavy atom. The molecule has 0 saturated carbocycles. The molecule has 150 valence electrons. The number of nitrogens with one attached hydrogen (secondary N) is 1. The third-order valence-electron chi connectivity index (χ3n) is 4.97. The number of rotatable bonds is 5. The maximum Gasteiger partial charge on any atom is 0.291 e. The number of thiophene rings is 1. The molecule has 0 aliphatic carbocycles. The van der Waals surface area contributed by atoms with Crippen LogP contribution >= 0.6 is 11.3 Å². The van der Waals surface area contributed by atoms with Gasteiger partial charge in [0.1, 0.15) is 18.0 Å². The van der Waals surface area contributed by atoms with Crippen LogP contribution < -0.4 is 5.32 Å². The highest BCUT2D eigenvalue weighted by Gasteiger charge is 2.28. The average Bonchev–Trinajstić information content (AvgIpc) is 3.48. The van der Waals surface area contributed by atoms with Crippen molar-refractivity contribution in [2.75, 3.05) is 6.54 Å². The van der Waals surface area contributed by atoms with Gasteiger partial charge in [-0.2, -0.15) is 5.10 Å². The van der Waals surface area contributed by atoms with Crippen molar-refractivity contribution in [3.63, 3.8) is 0 Å². The molecular weight excluding hydrogens is 400 g/mol. The van der Waals surface area contributed by atoms with Gasteiger partial charge < -0.3 is 14.3 Å². The van der Waals surface area contributed by atoms with E-state index in [0.29, 0.717) is 18.0 Å². The minimum atomic E-state index is -0.308. The predicted molar refractivity (Wildman–Crippen MR) is 114 cm³/mol. The number of aromatic nitrogens is 1. The smallest absolute Gasteiger partial charge is 0.291 e. The van der Waals surface area contributed by atoms with Crippen LogP contribution in [0.3, 0.4) is 0 Å². The summed E-state index contributed by atoms with van der Waals surface area (Å²) in [5.74, 6) is 0.0448. The lowest BCUT2D eigenvalue weighted by Gasteiger charge is -2.16. The normalized spacial score (nSPS) is 13.8. The third kappa shape index (κ3) is 3.42. The average molecular weight is 418 g/mol. The Labute approximate surface area is 176 Å². The first kappa shape index (κ1) is 18.4. The van der Waals surface area contributed by atoms with Crippen molar-refractivity contribution in [3.8, 4) is 0 Å². The molecule has 1 N–H and O–H groups in total. The van der Waals surface area contributed by atoms with E-state index in [9.17, 15) is 9.59 Å². The summed E-state index contributed by atoms with van der Waals surface area (Å²) in [6.45, 7) is 0.541. The Balaban J connectivity index is 1.47. The van der Waals surface area contributed by atoms with E-state index in [1.54, 1.807) is 29.7 Å². The Hall–Kier alpha value is -3.65. The minimum Gasteiger partial charge on any atom is -0.467 e. The van der Waals surface area contributed by atoms with Gasteiger partial charge in [-0.3, -0.25) is 9.59 Å². The van der Waals surface area contributed by atoms with Gasteiger partial charge in [0.25, 0.3) is 5.91 Å². The highest BCUT2D eigenvalue weighted by molar-refractivity contribution is 7.17. The summed E-state index contributed by atoms with van der Waals surface area (Å²) in [4.78, 5) is 25.8. The van der Waals surface area contributed by atoms with Gasteiger partial charge in [0, 0.05) is 0 Å². The van der Waals surface area contributed by atoms with Crippen molar-refractivity contribution in [1.82, 2.24) is 14.9 Å². The first-order chi connectivity index (χ1) is 14.7. The summed E-state index contributed by atoms with van der Waals surface area (Å²) < 4.78 is 8.25. The van der Waals surface area contributed by atoms with Crippen molar-refractivity contribution in [2.24, 2.45) is 5.10 Å². The highest BCUT2D eigenvalue weighted by atomic mass is 32.1. The predicted octanol–water partition coefficient (Wildman–Crippen LogP) is 3.47. The van der Waals surface area contributed by atoms with Crippen molar-refractivity contribution >= 4 is 39.1 Å². The van der Waals surface area contributed by atoms with Crippen LogP contribution in [0.2, 0.25) is 0 Å². The molecule has 1 aliphatic rings. The summed E-state index contributed by atoms with van der Waals surface area (Å²) in [5.41, 5.74) is 3.17. The van der Waals surface area contributed by atoms with Gasteiger partial charge in [-0.05, 0) is 35.2 Å². The number of furan rings is 1.